The minimum atomic E-state index is -0.200. The number of para-hydroxylation sites is 1. The van der Waals surface area contributed by atoms with Crippen molar-refractivity contribution < 1.29 is 9.59 Å². The molecule has 1 aromatic heterocycles. The van der Waals surface area contributed by atoms with Crippen molar-refractivity contribution in [2.24, 2.45) is 5.92 Å². The van der Waals surface area contributed by atoms with Gasteiger partial charge in [-0.2, -0.15) is 0 Å². The van der Waals surface area contributed by atoms with Gasteiger partial charge >= 0.3 is 0 Å². The molecule has 0 radical (unpaired) electrons. The third-order valence-corrected chi connectivity index (χ3v) is 4.97. The Morgan fingerprint density at radius 2 is 1.75 bits per heavy atom. The van der Waals surface area contributed by atoms with E-state index in [2.05, 4.69) is 15.6 Å². The Kier molecular flexibility index (Phi) is 6.55. The summed E-state index contributed by atoms with van der Waals surface area (Å²) in [7, 11) is 0. The maximum atomic E-state index is 12.5. The number of carbonyl (C=O) groups excluding carboxylic acids is 2. The molecule has 28 heavy (non-hydrogen) atoms. The Bertz CT molecular complexity index is 951. The molecule has 1 heterocycles. The van der Waals surface area contributed by atoms with Gasteiger partial charge in [0.05, 0.1) is 23.4 Å². The molecule has 0 aliphatic rings. The number of thiazole rings is 1. The summed E-state index contributed by atoms with van der Waals surface area (Å²) in [5, 5.41) is 8.50. The minimum absolute atomic E-state index is 0.158. The highest BCUT2D eigenvalue weighted by molar-refractivity contribution is 7.13. The zero-order valence-electron chi connectivity index (χ0n) is 15.9. The van der Waals surface area contributed by atoms with E-state index in [1.165, 1.54) is 11.3 Å². The summed E-state index contributed by atoms with van der Waals surface area (Å²) in [5.41, 5.74) is 2.71. The third-order valence-electron chi connectivity index (χ3n) is 4.03. The molecule has 3 rings (SSSR count). The first-order valence-electron chi connectivity index (χ1n) is 9.20. The lowest BCUT2D eigenvalue weighted by Gasteiger charge is -2.12. The first kappa shape index (κ1) is 19.8. The molecule has 0 atom stereocenters. The predicted molar refractivity (Wildman–Crippen MR) is 113 cm³/mol. The van der Waals surface area contributed by atoms with Crippen molar-refractivity contribution in [3.05, 3.63) is 71.2 Å². The van der Waals surface area contributed by atoms with Crippen LogP contribution in [0.4, 0.5) is 5.69 Å². The van der Waals surface area contributed by atoms with E-state index in [4.69, 9.17) is 0 Å². The molecule has 0 fully saturated rings. The van der Waals surface area contributed by atoms with Gasteiger partial charge < -0.3 is 10.6 Å². The van der Waals surface area contributed by atoms with Gasteiger partial charge in [-0.1, -0.05) is 56.3 Å². The third kappa shape index (κ3) is 5.27. The number of benzene rings is 2. The largest absolute Gasteiger partial charge is 0.352 e. The Hall–Kier alpha value is -2.99. The number of rotatable bonds is 7. The van der Waals surface area contributed by atoms with Crippen molar-refractivity contribution >= 4 is 28.8 Å². The second-order valence-corrected chi connectivity index (χ2v) is 7.74. The number of amides is 2. The van der Waals surface area contributed by atoms with Crippen LogP contribution in [0.1, 0.15) is 29.9 Å². The normalized spacial score (nSPS) is 10.7. The van der Waals surface area contributed by atoms with Crippen molar-refractivity contribution in [2.75, 3.05) is 11.9 Å². The van der Waals surface area contributed by atoms with E-state index in [0.717, 1.165) is 10.6 Å². The van der Waals surface area contributed by atoms with Gasteiger partial charge in [0.15, 0.2) is 0 Å². The van der Waals surface area contributed by atoms with Crippen LogP contribution in [0.3, 0.4) is 0 Å². The van der Waals surface area contributed by atoms with Gasteiger partial charge in [0.2, 0.25) is 5.91 Å². The molecule has 0 saturated carbocycles. The molecule has 2 N–H and O–H groups in total. The van der Waals surface area contributed by atoms with Crippen LogP contribution in [0, 0.1) is 5.92 Å². The summed E-state index contributed by atoms with van der Waals surface area (Å²) in [4.78, 5) is 29.4. The summed E-state index contributed by atoms with van der Waals surface area (Å²) in [6.07, 6.45) is 0.158. The molecule has 2 aromatic carbocycles. The van der Waals surface area contributed by atoms with Crippen LogP contribution < -0.4 is 10.6 Å². The highest BCUT2D eigenvalue weighted by Crippen LogP contribution is 2.23. The lowest BCUT2D eigenvalue weighted by molar-refractivity contribution is -0.115. The summed E-state index contributed by atoms with van der Waals surface area (Å²) < 4.78 is 0. The summed E-state index contributed by atoms with van der Waals surface area (Å²) >= 11 is 1.51. The van der Waals surface area contributed by atoms with Crippen molar-refractivity contribution in [3.63, 3.8) is 0 Å². The summed E-state index contributed by atoms with van der Waals surface area (Å²) in [6.45, 7) is 4.65. The first-order valence-corrected chi connectivity index (χ1v) is 10.1. The lowest BCUT2D eigenvalue weighted by Crippen LogP contribution is -2.28. The van der Waals surface area contributed by atoms with Gasteiger partial charge in [-0.05, 0) is 18.1 Å². The average molecular weight is 394 g/mol. The Balaban J connectivity index is 1.66. The van der Waals surface area contributed by atoms with Crippen LogP contribution in [0.25, 0.3) is 10.6 Å². The van der Waals surface area contributed by atoms with Crippen LogP contribution in [0.5, 0.6) is 0 Å². The first-order chi connectivity index (χ1) is 13.5. The van der Waals surface area contributed by atoms with Gasteiger partial charge in [0, 0.05) is 17.5 Å². The summed E-state index contributed by atoms with van der Waals surface area (Å²) in [5.74, 6) is -0.0344. The fourth-order valence-corrected chi connectivity index (χ4v) is 3.47. The second-order valence-electron chi connectivity index (χ2n) is 6.88. The number of hydrogen-bond acceptors (Lipinski definition) is 4. The zero-order valence-corrected chi connectivity index (χ0v) is 16.8. The van der Waals surface area contributed by atoms with E-state index in [0.29, 0.717) is 29.4 Å². The van der Waals surface area contributed by atoms with E-state index >= 15 is 0 Å². The van der Waals surface area contributed by atoms with Crippen LogP contribution >= 0.6 is 11.3 Å². The van der Waals surface area contributed by atoms with Gasteiger partial charge in [0.1, 0.15) is 5.01 Å². The van der Waals surface area contributed by atoms with Crippen LogP contribution in [-0.2, 0) is 11.2 Å². The average Bonchev–Trinajstić information content (AvgIpc) is 3.15. The second kappa shape index (κ2) is 9.28. The van der Waals surface area contributed by atoms with E-state index < -0.39 is 0 Å². The fourth-order valence-electron chi connectivity index (χ4n) is 2.64. The maximum Gasteiger partial charge on any atom is 0.253 e. The fraction of sp³-hybridized carbons (Fsp3) is 0.227. The van der Waals surface area contributed by atoms with Crippen molar-refractivity contribution in [2.45, 2.75) is 20.3 Å². The predicted octanol–water partition coefficient (Wildman–Crippen LogP) is 4.38. The van der Waals surface area contributed by atoms with Gasteiger partial charge in [-0.15, -0.1) is 11.3 Å². The molecule has 144 valence electrons. The number of nitrogens with one attached hydrogen (secondary N) is 2. The number of anilines is 1. The highest BCUT2D eigenvalue weighted by Gasteiger charge is 2.14. The lowest BCUT2D eigenvalue weighted by atomic mass is 10.1. The molecule has 0 spiro atoms. The Morgan fingerprint density at radius 1 is 1.04 bits per heavy atom. The van der Waals surface area contributed by atoms with E-state index in [1.54, 1.807) is 24.3 Å². The van der Waals surface area contributed by atoms with Crippen LogP contribution in [0.2, 0.25) is 0 Å². The van der Waals surface area contributed by atoms with E-state index in [-0.39, 0.29) is 18.2 Å². The van der Waals surface area contributed by atoms with Crippen molar-refractivity contribution in [1.29, 1.82) is 0 Å². The highest BCUT2D eigenvalue weighted by atomic mass is 32.1. The molecular weight excluding hydrogens is 370 g/mol. The van der Waals surface area contributed by atoms with E-state index in [1.807, 2.05) is 49.6 Å². The molecule has 3 aromatic rings. The SMILES string of the molecule is CC(C)CNC(=O)c1ccccc1NC(=O)Cc1csc(-c2ccccc2)n1. The monoisotopic (exact) mass is 393 g/mol. The zero-order chi connectivity index (χ0) is 19.9. The number of carbonyl (C=O) groups is 2. The smallest absolute Gasteiger partial charge is 0.253 e. The van der Waals surface area contributed by atoms with Gasteiger partial charge in [0.25, 0.3) is 5.91 Å². The van der Waals surface area contributed by atoms with Gasteiger partial charge in [-0.3, -0.25) is 9.59 Å². The van der Waals surface area contributed by atoms with Crippen LogP contribution in [0.15, 0.2) is 60.0 Å². The molecule has 0 aliphatic carbocycles. The molecule has 5 nitrogen and oxygen atoms in total. The number of aromatic nitrogens is 1. The summed E-state index contributed by atoms with van der Waals surface area (Å²) in [6, 6.07) is 16.9. The molecule has 0 saturated heterocycles. The van der Waals surface area contributed by atoms with Crippen molar-refractivity contribution in [1.82, 2.24) is 10.3 Å². The molecule has 6 heteroatoms. The van der Waals surface area contributed by atoms with Crippen LogP contribution in [-0.4, -0.2) is 23.3 Å². The topological polar surface area (TPSA) is 71.1 Å². The maximum absolute atomic E-state index is 12.5. The molecular formula is C22H23N3O2S. The number of nitrogens with zero attached hydrogens (tertiary/aromatic N) is 1. The van der Waals surface area contributed by atoms with Crippen molar-refractivity contribution in [3.8, 4) is 10.6 Å². The Labute approximate surface area is 168 Å². The molecule has 0 aliphatic heterocycles. The standard InChI is InChI=1S/C22H23N3O2S/c1-15(2)13-23-21(27)18-10-6-7-11-19(18)25-20(26)12-17-14-28-22(24-17)16-8-4-3-5-9-16/h3-11,14-15H,12-13H2,1-2H3,(H,23,27)(H,25,26). The molecule has 0 bridgehead atoms. The quantitative estimate of drug-likeness (QED) is 0.626. The minimum Gasteiger partial charge on any atom is -0.352 e. The molecule has 2 amide bonds. The Morgan fingerprint density at radius 3 is 2.50 bits per heavy atom. The van der Waals surface area contributed by atoms with E-state index in [9.17, 15) is 9.59 Å². The number of hydrogen-bond donors (Lipinski definition) is 2. The molecule has 0 unspecified atom stereocenters. The van der Waals surface area contributed by atoms with Gasteiger partial charge in [-0.25, -0.2) is 4.98 Å².